The lowest BCUT2D eigenvalue weighted by Crippen LogP contribution is -2.25. The lowest BCUT2D eigenvalue weighted by Gasteiger charge is -2.16. The smallest absolute Gasteiger partial charge is 0.255 e. The number of nitrogens with zero attached hydrogens (tertiary/aromatic N) is 1. The average Bonchev–Trinajstić information content (AvgIpc) is 3.12. The van der Waals surface area contributed by atoms with Crippen LogP contribution in [0, 0.1) is 0 Å². The van der Waals surface area contributed by atoms with Gasteiger partial charge in [0.2, 0.25) is 0 Å². The zero-order valence-electron chi connectivity index (χ0n) is 11.0. The lowest BCUT2D eigenvalue weighted by atomic mass is 10.1. The molecule has 20 heavy (non-hydrogen) atoms. The fourth-order valence-corrected chi connectivity index (χ4v) is 2.92. The number of hydrogen-bond donors (Lipinski definition) is 1. The van der Waals surface area contributed by atoms with Crippen LogP contribution >= 0.6 is 0 Å². The van der Waals surface area contributed by atoms with Gasteiger partial charge >= 0.3 is 0 Å². The molecule has 0 atom stereocenters. The molecule has 3 heteroatoms. The molecule has 1 N–H and O–H groups in total. The second-order valence-electron chi connectivity index (χ2n) is 5.17. The zero-order chi connectivity index (χ0) is 13.5. The second-order valence-corrected chi connectivity index (χ2v) is 5.17. The summed E-state index contributed by atoms with van der Waals surface area (Å²) in [6.07, 6.45) is 1.88. The molecule has 4 rings (SSSR count). The van der Waals surface area contributed by atoms with Crippen molar-refractivity contribution in [3.63, 3.8) is 0 Å². The van der Waals surface area contributed by atoms with E-state index in [0.29, 0.717) is 13.1 Å². The van der Waals surface area contributed by atoms with Crippen LogP contribution in [0.5, 0.6) is 0 Å². The first-order chi connectivity index (χ1) is 9.83. The molecular formula is C17H14N2O. The predicted octanol–water partition coefficient (Wildman–Crippen LogP) is 3.32. The molecule has 0 fully saturated rings. The van der Waals surface area contributed by atoms with Crippen molar-refractivity contribution in [2.24, 2.45) is 0 Å². The van der Waals surface area contributed by atoms with E-state index in [1.807, 2.05) is 47.5 Å². The van der Waals surface area contributed by atoms with Gasteiger partial charge in [-0.15, -0.1) is 0 Å². The van der Waals surface area contributed by atoms with Crippen molar-refractivity contribution in [1.82, 2.24) is 9.88 Å². The number of H-pyrrole nitrogens is 1. The van der Waals surface area contributed by atoms with Crippen LogP contribution in [0.2, 0.25) is 0 Å². The molecule has 2 heterocycles. The van der Waals surface area contributed by atoms with Gasteiger partial charge in [-0.2, -0.15) is 0 Å². The maximum absolute atomic E-state index is 12.7. The summed E-state index contributed by atoms with van der Waals surface area (Å²) in [7, 11) is 0. The van der Waals surface area contributed by atoms with Gasteiger partial charge < -0.3 is 9.88 Å². The Hall–Kier alpha value is -2.55. The van der Waals surface area contributed by atoms with Crippen molar-refractivity contribution < 1.29 is 4.79 Å². The fourth-order valence-electron chi connectivity index (χ4n) is 2.92. The van der Waals surface area contributed by atoms with Crippen LogP contribution < -0.4 is 0 Å². The van der Waals surface area contributed by atoms with E-state index < -0.39 is 0 Å². The largest absolute Gasteiger partial charge is 0.361 e. The van der Waals surface area contributed by atoms with Crippen LogP contribution in [0.25, 0.3) is 10.9 Å². The molecule has 1 aromatic heterocycles. The van der Waals surface area contributed by atoms with E-state index in [2.05, 4.69) is 17.1 Å². The highest BCUT2D eigenvalue weighted by molar-refractivity contribution is 6.06. The van der Waals surface area contributed by atoms with Gasteiger partial charge in [0.1, 0.15) is 0 Å². The highest BCUT2D eigenvalue weighted by atomic mass is 16.2. The zero-order valence-corrected chi connectivity index (χ0v) is 11.0. The molecule has 3 aromatic rings. The SMILES string of the molecule is O=C(c1cccc2[nH]ccc12)N1Cc2ccccc2C1. The van der Waals surface area contributed by atoms with Crippen LogP contribution in [-0.4, -0.2) is 15.8 Å². The van der Waals surface area contributed by atoms with Crippen molar-refractivity contribution in [3.8, 4) is 0 Å². The minimum Gasteiger partial charge on any atom is -0.361 e. The van der Waals surface area contributed by atoms with Gasteiger partial charge in [0.15, 0.2) is 0 Å². The van der Waals surface area contributed by atoms with Gasteiger partial charge in [0, 0.05) is 35.8 Å². The molecule has 2 aromatic carbocycles. The summed E-state index contributed by atoms with van der Waals surface area (Å²) in [5.41, 5.74) is 4.29. The number of benzene rings is 2. The molecule has 0 saturated heterocycles. The quantitative estimate of drug-likeness (QED) is 0.717. The standard InChI is InChI=1S/C17H14N2O/c20-17(15-6-3-7-16-14(15)8-9-18-16)19-10-12-4-1-2-5-13(12)11-19/h1-9,18H,10-11H2. The summed E-state index contributed by atoms with van der Waals surface area (Å²) < 4.78 is 0. The topological polar surface area (TPSA) is 36.1 Å². The van der Waals surface area contributed by atoms with Crippen LogP contribution in [0.4, 0.5) is 0 Å². The number of hydrogen-bond acceptors (Lipinski definition) is 1. The summed E-state index contributed by atoms with van der Waals surface area (Å²) in [6.45, 7) is 1.41. The molecule has 1 aliphatic rings. The number of nitrogens with one attached hydrogen (secondary N) is 1. The number of amides is 1. The van der Waals surface area contributed by atoms with Crippen molar-refractivity contribution in [2.75, 3.05) is 0 Å². The number of fused-ring (bicyclic) bond motifs is 2. The average molecular weight is 262 g/mol. The van der Waals surface area contributed by atoms with Crippen molar-refractivity contribution in [1.29, 1.82) is 0 Å². The molecule has 98 valence electrons. The Kier molecular flexibility index (Phi) is 2.39. The molecule has 0 spiro atoms. The van der Waals surface area contributed by atoms with Crippen LogP contribution in [0.1, 0.15) is 21.5 Å². The Labute approximate surface area is 116 Å². The first kappa shape index (κ1) is 11.3. The van der Waals surface area contributed by atoms with Gasteiger partial charge in [-0.3, -0.25) is 4.79 Å². The first-order valence-corrected chi connectivity index (χ1v) is 6.75. The fraction of sp³-hybridized carbons (Fsp3) is 0.118. The molecule has 1 amide bonds. The number of carbonyl (C=O) groups excluding carboxylic acids is 1. The first-order valence-electron chi connectivity index (χ1n) is 6.75. The number of rotatable bonds is 1. The van der Waals surface area contributed by atoms with E-state index >= 15 is 0 Å². The van der Waals surface area contributed by atoms with E-state index in [-0.39, 0.29) is 5.91 Å². The third-order valence-electron chi connectivity index (χ3n) is 3.95. The number of aromatic nitrogens is 1. The Bertz CT molecular complexity index is 778. The van der Waals surface area contributed by atoms with Gasteiger partial charge in [0.05, 0.1) is 0 Å². The monoisotopic (exact) mass is 262 g/mol. The molecule has 0 aliphatic carbocycles. The molecule has 3 nitrogen and oxygen atoms in total. The Morgan fingerprint density at radius 2 is 1.70 bits per heavy atom. The number of aromatic amines is 1. The third-order valence-corrected chi connectivity index (χ3v) is 3.95. The lowest BCUT2D eigenvalue weighted by molar-refractivity contribution is 0.0753. The summed E-state index contributed by atoms with van der Waals surface area (Å²) >= 11 is 0. The van der Waals surface area contributed by atoms with Crippen LogP contribution in [-0.2, 0) is 13.1 Å². The minimum absolute atomic E-state index is 0.103. The van der Waals surface area contributed by atoms with Crippen molar-refractivity contribution in [3.05, 3.63) is 71.4 Å². The number of carbonyl (C=O) groups is 1. The van der Waals surface area contributed by atoms with E-state index in [0.717, 1.165) is 16.5 Å². The molecule has 0 saturated carbocycles. The molecular weight excluding hydrogens is 248 g/mol. The van der Waals surface area contributed by atoms with E-state index in [4.69, 9.17) is 0 Å². The van der Waals surface area contributed by atoms with E-state index in [1.54, 1.807) is 0 Å². The van der Waals surface area contributed by atoms with E-state index in [9.17, 15) is 4.79 Å². The molecule has 0 bridgehead atoms. The van der Waals surface area contributed by atoms with Gasteiger partial charge in [-0.05, 0) is 29.3 Å². The second kappa shape index (κ2) is 4.23. The predicted molar refractivity (Wildman–Crippen MR) is 78.3 cm³/mol. The van der Waals surface area contributed by atoms with Crippen LogP contribution in [0.3, 0.4) is 0 Å². The highest BCUT2D eigenvalue weighted by Gasteiger charge is 2.24. The van der Waals surface area contributed by atoms with Crippen molar-refractivity contribution in [2.45, 2.75) is 13.1 Å². The third kappa shape index (κ3) is 1.63. The Morgan fingerprint density at radius 3 is 2.45 bits per heavy atom. The van der Waals surface area contributed by atoms with Gasteiger partial charge in [0.25, 0.3) is 5.91 Å². The Balaban J connectivity index is 1.71. The molecule has 0 unspecified atom stereocenters. The summed E-state index contributed by atoms with van der Waals surface area (Å²) in [5, 5.41) is 0.994. The maximum Gasteiger partial charge on any atom is 0.255 e. The summed E-state index contributed by atoms with van der Waals surface area (Å²) in [4.78, 5) is 17.8. The van der Waals surface area contributed by atoms with Crippen molar-refractivity contribution >= 4 is 16.8 Å². The van der Waals surface area contributed by atoms with Gasteiger partial charge in [-0.1, -0.05) is 30.3 Å². The summed E-state index contributed by atoms with van der Waals surface area (Å²) in [6, 6.07) is 16.0. The van der Waals surface area contributed by atoms with E-state index in [1.165, 1.54) is 11.1 Å². The maximum atomic E-state index is 12.7. The van der Waals surface area contributed by atoms with Gasteiger partial charge in [-0.25, -0.2) is 0 Å². The Morgan fingerprint density at radius 1 is 0.950 bits per heavy atom. The highest BCUT2D eigenvalue weighted by Crippen LogP contribution is 2.26. The summed E-state index contributed by atoms with van der Waals surface area (Å²) in [5.74, 6) is 0.103. The van der Waals surface area contributed by atoms with Crippen LogP contribution in [0.15, 0.2) is 54.7 Å². The normalized spacial score (nSPS) is 13.7. The molecule has 0 radical (unpaired) electrons. The minimum atomic E-state index is 0.103. The molecule has 1 aliphatic heterocycles.